The van der Waals surface area contributed by atoms with Crippen molar-refractivity contribution in [2.45, 2.75) is 30.4 Å². The first-order chi connectivity index (χ1) is 20.9. The molecule has 0 spiro atoms. The minimum atomic E-state index is -0.421. The number of amides is 1. The number of aromatic nitrogens is 4. The molecule has 5 rings (SSSR count). The van der Waals surface area contributed by atoms with E-state index in [1.54, 1.807) is 47.4 Å². The highest BCUT2D eigenvalue weighted by atomic mass is 32.2. The molecule has 0 radical (unpaired) electrons. The summed E-state index contributed by atoms with van der Waals surface area (Å²) in [4.78, 5) is 38.4. The van der Waals surface area contributed by atoms with E-state index >= 15 is 0 Å². The van der Waals surface area contributed by atoms with E-state index in [-0.39, 0.29) is 36.5 Å². The van der Waals surface area contributed by atoms with Crippen molar-refractivity contribution in [3.05, 3.63) is 136 Å². The van der Waals surface area contributed by atoms with E-state index in [2.05, 4.69) is 20.3 Å². The molecule has 8 nitrogen and oxygen atoms in total. The predicted molar refractivity (Wildman–Crippen MR) is 160 cm³/mol. The van der Waals surface area contributed by atoms with Crippen LogP contribution in [0.25, 0.3) is 11.1 Å². The number of carbonyl (C=O) groups is 1. The van der Waals surface area contributed by atoms with Crippen molar-refractivity contribution >= 4 is 17.7 Å². The summed E-state index contributed by atoms with van der Waals surface area (Å²) in [7, 11) is 1.47. The average molecular weight is 600 g/mol. The van der Waals surface area contributed by atoms with Gasteiger partial charge in [0.2, 0.25) is 5.91 Å². The lowest BCUT2D eigenvalue weighted by Gasteiger charge is -2.14. The van der Waals surface area contributed by atoms with Crippen LogP contribution in [0, 0.1) is 11.6 Å². The fraction of sp³-hybridized carbons (Fsp3) is 0.156. The van der Waals surface area contributed by atoms with Crippen LogP contribution in [-0.4, -0.2) is 32.5 Å². The largest absolute Gasteiger partial charge is 0.467 e. The Morgan fingerprint density at radius 2 is 1.44 bits per heavy atom. The lowest BCUT2D eigenvalue weighted by molar-refractivity contribution is -0.122. The van der Waals surface area contributed by atoms with Crippen molar-refractivity contribution in [3.63, 3.8) is 0 Å². The third kappa shape index (κ3) is 8.10. The molecule has 0 saturated carbocycles. The Morgan fingerprint density at radius 1 is 0.860 bits per heavy atom. The highest BCUT2D eigenvalue weighted by molar-refractivity contribution is 7.98. The van der Waals surface area contributed by atoms with Crippen LogP contribution in [0.5, 0.6) is 6.01 Å². The minimum Gasteiger partial charge on any atom is -0.467 e. The number of thioether (sulfide) groups is 1. The molecule has 0 bridgehead atoms. The van der Waals surface area contributed by atoms with Gasteiger partial charge in [-0.15, -0.1) is 0 Å². The van der Waals surface area contributed by atoms with Crippen LogP contribution in [-0.2, 0) is 30.1 Å². The summed E-state index contributed by atoms with van der Waals surface area (Å²) in [6.45, 7) is 0.225. The van der Waals surface area contributed by atoms with E-state index in [0.717, 1.165) is 22.3 Å². The van der Waals surface area contributed by atoms with Gasteiger partial charge in [-0.05, 0) is 52.1 Å². The second kappa shape index (κ2) is 13.8. The second-order valence-corrected chi connectivity index (χ2v) is 10.6. The zero-order valence-electron chi connectivity index (χ0n) is 23.2. The Bertz CT molecular complexity index is 1750. The van der Waals surface area contributed by atoms with Gasteiger partial charge in [-0.3, -0.25) is 9.59 Å². The first kappa shape index (κ1) is 29.6. The molecule has 2 aromatic heterocycles. The zero-order chi connectivity index (χ0) is 30.2. The summed E-state index contributed by atoms with van der Waals surface area (Å²) in [5.41, 5.74) is 4.21. The van der Waals surface area contributed by atoms with Gasteiger partial charge in [-0.25, -0.2) is 18.7 Å². The van der Waals surface area contributed by atoms with Crippen LogP contribution in [0.15, 0.2) is 101 Å². The van der Waals surface area contributed by atoms with E-state index in [0.29, 0.717) is 28.6 Å². The first-order valence-electron chi connectivity index (χ1n) is 13.3. The van der Waals surface area contributed by atoms with Crippen LogP contribution < -0.4 is 15.6 Å². The molecule has 218 valence electrons. The molecule has 0 atom stereocenters. The molecule has 11 heteroatoms. The van der Waals surface area contributed by atoms with Crippen molar-refractivity contribution in [1.29, 1.82) is 0 Å². The fourth-order valence-electron chi connectivity index (χ4n) is 4.23. The van der Waals surface area contributed by atoms with Crippen LogP contribution in [0.1, 0.15) is 22.3 Å². The second-order valence-electron chi connectivity index (χ2n) is 9.63. The monoisotopic (exact) mass is 599 g/mol. The molecule has 2 heterocycles. The Hall–Kier alpha value is -4.90. The van der Waals surface area contributed by atoms with Gasteiger partial charge in [-0.2, -0.15) is 4.98 Å². The van der Waals surface area contributed by atoms with Crippen LogP contribution in [0.3, 0.4) is 0 Å². The summed E-state index contributed by atoms with van der Waals surface area (Å²) in [5.74, 6) is -0.465. The Kier molecular flexibility index (Phi) is 9.52. The van der Waals surface area contributed by atoms with E-state index in [1.165, 1.54) is 43.1 Å². The summed E-state index contributed by atoms with van der Waals surface area (Å²) < 4.78 is 33.2. The van der Waals surface area contributed by atoms with E-state index < -0.39 is 5.56 Å². The fourth-order valence-corrected chi connectivity index (χ4v) is 5.15. The number of nitrogens with one attached hydrogen (secondary N) is 1. The van der Waals surface area contributed by atoms with Crippen molar-refractivity contribution < 1.29 is 18.3 Å². The van der Waals surface area contributed by atoms with Crippen LogP contribution >= 0.6 is 11.8 Å². The molecule has 0 fully saturated rings. The molecule has 0 aliphatic carbocycles. The minimum absolute atomic E-state index is 0.0706. The van der Waals surface area contributed by atoms with Gasteiger partial charge in [0, 0.05) is 42.9 Å². The molecule has 0 aliphatic rings. The van der Waals surface area contributed by atoms with Gasteiger partial charge >= 0.3 is 6.01 Å². The van der Waals surface area contributed by atoms with Crippen LogP contribution in [0.4, 0.5) is 8.78 Å². The number of halogens is 2. The SMILES string of the molecule is COc1ncc(Cc2cn(CC(=O)NCc3ccc(-c4ccc(F)cc4)cc3)c(SCc3ccc(F)cc3)nc2=O)cn1. The summed E-state index contributed by atoms with van der Waals surface area (Å²) in [6, 6.07) is 20.2. The summed E-state index contributed by atoms with van der Waals surface area (Å²) >= 11 is 1.28. The molecular weight excluding hydrogens is 572 g/mol. The molecule has 5 aromatic rings. The number of hydrogen-bond donors (Lipinski definition) is 1. The third-order valence-electron chi connectivity index (χ3n) is 6.50. The zero-order valence-corrected chi connectivity index (χ0v) is 24.0. The van der Waals surface area contributed by atoms with Crippen molar-refractivity contribution in [3.8, 4) is 17.1 Å². The summed E-state index contributed by atoms with van der Waals surface area (Å²) in [5, 5.41) is 3.28. The van der Waals surface area contributed by atoms with Gasteiger partial charge in [0.15, 0.2) is 5.16 Å². The van der Waals surface area contributed by atoms with E-state index in [4.69, 9.17) is 4.74 Å². The van der Waals surface area contributed by atoms with Gasteiger partial charge in [0.05, 0.1) is 7.11 Å². The van der Waals surface area contributed by atoms with Crippen molar-refractivity contribution in [2.75, 3.05) is 7.11 Å². The third-order valence-corrected chi connectivity index (χ3v) is 7.57. The van der Waals surface area contributed by atoms with Crippen LogP contribution in [0.2, 0.25) is 0 Å². The molecule has 43 heavy (non-hydrogen) atoms. The molecule has 1 amide bonds. The number of nitrogens with zero attached hydrogens (tertiary/aromatic N) is 4. The normalized spacial score (nSPS) is 10.9. The quantitative estimate of drug-likeness (QED) is 0.165. The Morgan fingerprint density at radius 3 is 2.07 bits per heavy atom. The van der Waals surface area contributed by atoms with E-state index in [9.17, 15) is 18.4 Å². The molecule has 0 unspecified atom stereocenters. The number of benzene rings is 3. The van der Waals surface area contributed by atoms with Gasteiger partial charge in [-0.1, -0.05) is 60.3 Å². The number of carbonyl (C=O) groups excluding carboxylic acids is 1. The maximum atomic E-state index is 13.3. The first-order valence-corrected chi connectivity index (χ1v) is 14.3. The average Bonchev–Trinajstić information content (AvgIpc) is 3.02. The predicted octanol–water partition coefficient (Wildman–Crippen LogP) is 5.19. The van der Waals surface area contributed by atoms with Crippen molar-refractivity contribution in [1.82, 2.24) is 24.8 Å². The number of rotatable bonds is 11. The lowest BCUT2D eigenvalue weighted by Crippen LogP contribution is -2.29. The molecular formula is C32H27F2N5O3S. The molecule has 0 aliphatic heterocycles. The Labute approximate surface area is 250 Å². The van der Waals surface area contributed by atoms with Gasteiger partial charge in [0.25, 0.3) is 5.56 Å². The number of hydrogen-bond acceptors (Lipinski definition) is 7. The number of ether oxygens (including phenoxy) is 1. The van der Waals surface area contributed by atoms with Gasteiger partial charge < -0.3 is 14.6 Å². The topological polar surface area (TPSA) is 99.0 Å². The maximum absolute atomic E-state index is 13.3. The highest BCUT2D eigenvalue weighted by Crippen LogP contribution is 2.22. The summed E-state index contributed by atoms with van der Waals surface area (Å²) in [6.07, 6.45) is 4.99. The maximum Gasteiger partial charge on any atom is 0.316 e. The Balaban J connectivity index is 1.30. The molecule has 3 aromatic carbocycles. The molecule has 0 saturated heterocycles. The molecule has 1 N–H and O–H groups in total. The van der Waals surface area contributed by atoms with Gasteiger partial charge in [0.1, 0.15) is 18.2 Å². The highest BCUT2D eigenvalue weighted by Gasteiger charge is 2.14. The smallest absolute Gasteiger partial charge is 0.316 e. The number of methoxy groups -OCH3 is 1. The standard InChI is InChI=1S/C32H27F2N5O3S/c1-42-31-36-16-23(17-37-31)14-26-18-39(32(38-30(26)41)43-20-22-4-10-27(33)11-5-22)19-29(40)35-15-21-2-6-24(7-3-21)25-8-12-28(34)13-9-25/h2-13,16-18H,14-15,19-20H2,1H3,(H,35,40). The lowest BCUT2D eigenvalue weighted by atomic mass is 10.0. The van der Waals surface area contributed by atoms with E-state index in [1.807, 2.05) is 24.3 Å². The van der Waals surface area contributed by atoms with Crippen molar-refractivity contribution in [2.24, 2.45) is 0 Å².